The van der Waals surface area contributed by atoms with Gasteiger partial charge in [-0.15, -0.1) is 0 Å². The van der Waals surface area contributed by atoms with Crippen molar-refractivity contribution in [2.45, 2.75) is 50.4 Å². The van der Waals surface area contributed by atoms with Crippen LogP contribution in [0.5, 0.6) is 0 Å². The average molecular weight is 306 g/mol. The molecule has 22 heavy (non-hydrogen) atoms. The van der Waals surface area contributed by atoms with E-state index in [9.17, 15) is 4.79 Å². The largest absolute Gasteiger partial charge is 0.348 e. The molecule has 0 radical (unpaired) electrons. The van der Waals surface area contributed by atoms with Gasteiger partial charge in [0.15, 0.2) is 5.79 Å². The fraction of sp³-hybridized carbons (Fsp3) is 0.824. The summed E-state index contributed by atoms with van der Waals surface area (Å²) in [7, 11) is 0. The summed E-state index contributed by atoms with van der Waals surface area (Å²) in [6, 6.07) is 0.398. The van der Waals surface area contributed by atoms with E-state index >= 15 is 0 Å². The van der Waals surface area contributed by atoms with Crippen molar-refractivity contribution in [3.05, 3.63) is 12.2 Å². The van der Waals surface area contributed by atoms with Crippen molar-refractivity contribution < 1.29 is 14.3 Å². The highest BCUT2D eigenvalue weighted by Crippen LogP contribution is 2.36. The van der Waals surface area contributed by atoms with E-state index in [1.165, 1.54) is 0 Å². The SMILES string of the molecule is O=C(NC1CCC2(CC1)OCCO2)N1CC2CC=CCC2C1. The first-order valence-corrected chi connectivity index (χ1v) is 8.72. The van der Waals surface area contributed by atoms with E-state index in [-0.39, 0.29) is 17.9 Å². The van der Waals surface area contributed by atoms with Gasteiger partial charge in [-0.1, -0.05) is 12.2 Å². The topological polar surface area (TPSA) is 50.8 Å². The van der Waals surface area contributed by atoms with E-state index in [0.717, 1.165) is 51.6 Å². The molecule has 2 atom stereocenters. The van der Waals surface area contributed by atoms with E-state index in [1.54, 1.807) is 0 Å². The van der Waals surface area contributed by atoms with Gasteiger partial charge in [-0.2, -0.15) is 0 Å². The first-order chi connectivity index (χ1) is 10.7. The molecule has 2 saturated heterocycles. The number of hydrogen-bond acceptors (Lipinski definition) is 3. The number of hydrogen-bond donors (Lipinski definition) is 1. The zero-order chi connectivity index (χ0) is 15.0. The van der Waals surface area contributed by atoms with Crippen LogP contribution in [0.3, 0.4) is 0 Å². The molecule has 2 aliphatic heterocycles. The molecule has 1 N–H and O–H groups in total. The molecule has 1 saturated carbocycles. The minimum atomic E-state index is -0.338. The highest BCUT2D eigenvalue weighted by molar-refractivity contribution is 5.75. The van der Waals surface area contributed by atoms with Crippen molar-refractivity contribution in [3.8, 4) is 0 Å². The zero-order valence-electron chi connectivity index (χ0n) is 13.1. The second-order valence-electron chi connectivity index (χ2n) is 7.20. The highest BCUT2D eigenvalue weighted by atomic mass is 16.7. The molecule has 2 unspecified atom stereocenters. The molecule has 122 valence electrons. The van der Waals surface area contributed by atoms with Crippen LogP contribution >= 0.6 is 0 Å². The Morgan fingerprint density at radius 1 is 1.05 bits per heavy atom. The lowest BCUT2D eigenvalue weighted by Crippen LogP contribution is -2.48. The third-order valence-corrected chi connectivity index (χ3v) is 5.80. The monoisotopic (exact) mass is 306 g/mol. The predicted octanol–water partition coefficient (Wildman–Crippen LogP) is 2.28. The van der Waals surface area contributed by atoms with Crippen molar-refractivity contribution >= 4 is 6.03 Å². The van der Waals surface area contributed by atoms with Gasteiger partial charge in [-0.05, 0) is 37.5 Å². The summed E-state index contributed by atoms with van der Waals surface area (Å²) >= 11 is 0. The molecule has 4 aliphatic rings. The Kier molecular flexibility index (Phi) is 3.86. The Morgan fingerprint density at radius 2 is 1.64 bits per heavy atom. The Bertz CT molecular complexity index is 433. The zero-order valence-corrected chi connectivity index (χ0v) is 13.1. The van der Waals surface area contributed by atoms with E-state index < -0.39 is 0 Å². The Balaban J connectivity index is 1.27. The van der Waals surface area contributed by atoms with Gasteiger partial charge in [0.25, 0.3) is 0 Å². The molecule has 2 amide bonds. The minimum Gasteiger partial charge on any atom is -0.348 e. The van der Waals surface area contributed by atoms with Gasteiger partial charge in [0.05, 0.1) is 13.2 Å². The van der Waals surface area contributed by atoms with Crippen LogP contribution in [0.15, 0.2) is 12.2 Å². The number of urea groups is 1. The molecular weight excluding hydrogens is 280 g/mol. The second-order valence-corrected chi connectivity index (χ2v) is 7.20. The molecule has 5 nitrogen and oxygen atoms in total. The number of fused-ring (bicyclic) bond motifs is 1. The van der Waals surface area contributed by atoms with Crippen molar-refractivity contribution in [1.29, 1.82) is 0 Å². The van der Waals surface area contributed by atoms with E-state index in [2.05, 4.69) is 17.5 Å². The van der Waals surface area contributed by atoms with E-state index in [1.807, 2.05) is 4.90 Å². The van der Waals surface area contributed by atoms with Crippen LogP contribution in [0.25, 0.3) is 0 Å². The highest BCUT2D eigenvalue weighted by Gasteiger charge is 2.41. The fourth-order valence-electron chi connectivity index (χ4n) is 4.43. The molecule has 3 fully saturated rings. The lowest BCUT2D eigenvalue weighted by atomic mass is 9.86. The number of carbonyl (C=O) groups is 1. The Hall–Kier alpha value is -1.07. The number of rotatable bonds is 1. The van der Waals surface area contributed by atoms with Crippen molar-refractivity contribution in [1.82, 2.24) is 10.2 Å². The summed E-state index contributed by atoms with van der Waals surface area (Å²) in [6.45, 7) is 3.26. The number of carbonyl (C=O) groups excluding carboxylic acids is 1. The van der Waals surface area contributed by atoms with Crippen LogP contribution in [0.1, 0.15) is 38.5 Å². The number of allylic oxidation sites excluding steroid dienone is 2. The molecule has 2 aliphatic carbocycles. The Labute approximate surface area is 132 Å². The van der Waals surface area contributed by atoms with Gasteiger partial charge in [0.2, 0.25) is 0 Å². The molecule has 0 bridgehead atoms. The van der Waals surface area contributed by atoms with Gasteiger partial charge in [0, 0.05) is 32.0 Å². The summed E-state index contributed by atoms with van der Waals surface area (Å²) in [5.41, 5.74) is 0. The van der Waals surface area contributed by atoms with Crippen molar-refractivity contribution in [2.24, 2.45) is 11.8 Å². The summed E-state index contributed by atoms with van der Waals surface area (Å²) in [5.74, 6) is 1.01. The van der Waals surface area contributed by atoms with Gasteiger partial charge in [0.1, 0.15) is 0 Å². The summed E-state index contributed by atoms with van der Waals surface area (Å²) < 4.78 is 11.5. The maximum Gasteiger partial charge on any atom is 0.317 e. The molecule has 0 aromatic carbocycles. The molecule has 1 spiro atoms. The van der Waals surface area contributed by atoms with E-state index in [0.29, 0.717) is 25.0 Å². The molecule has 4 rings (SSSR count). The van der Waals surface area contributed by atoms with Crippen molar-refractivity contribution in [3.63, 3.8) is 0 Å². The normalized spacial score (nSPS) is 34.1. The number of ether oxygens (including phenoxy) is 2. The van der Waals surface area contributed by atoms with Gasteiger partial charge in [-0.25, -0.2) is 4.79 Å². The lowest BCUT2D eigenvalue weighted by Gasteiger charge is -2.36. The van der Waals surface area contributed by atoms with E-state index in [4.69, 9.17) is 9.47 Å². The molecule has 0 aromatic heterocycles. The van der Waals surface area contributed by atoms with Crippen LogP contribution in [-0.2, 0) is 9.47 Å². The summed E-state index contributed by atoms with van der Waals surface area (Å²) in [6.07, 6.45) is 10.5. The Morgan fingerprint density at radius 3 is 2.23 bits per heavy atom. The average Bonchev–Trinajstić information content (AvgIpc) is 3.17. The third kappa shape index (κ3) is 2.76. The van der Waals surface area contributed by atoms with Gasteiger partial charge >= 0.3 is 6.03 Å². The first-order valence-electron chi connectivity index (χ1n) is 8.72. The van der Waals surface area contributed by atoms with Crippen LogP contribution in [0.2, 0.25) is 0 Å². The smallest absolute Gasteiger partial charge is 0.317 e. The van der Waals surface area contributed by atoms with Gasteiger partial charge < -0.3 is 19.7 Å². The first kappa shape index (κ1) is 14.5. The maximum absolute atomic E-state index is 12.5. The van der Waals surface area contributed by atoms with Crippen LogP contribution in [0.4, 0.5) is 4.79 Å². The predicted molar refractivity (Wildman–Crippen MR) is 82.3 cm³/mol. The molecule has 0 aromatic rings. The van der Waals surface area contributed by atoms with Crippen molar-refractivity contribution in [2.75, 3.05) is 26.3 Å². The number of nitrogens with zero attached hydrogens (tertiary/aromatic N) is 1. The lowest BCUT2D eigenvalue weighted by molar-refractivity contribution is -0.179. The second kappa shape index (κ2) is 5.85. The van der Waals surface area contributed by atoms with Gasteiger partial charge in [-0.3, -0.25) is 0 Å². The van der Waals surface area contributed by atoms with Crippen LogP contribution < -0.4 is 5.32 Å². The molecular formula is C17H26N2O3. The quantitative estimate of drug-likeness (QED) is 0.756. The maximum atomic E-state index is 12.5. The minimum absolute atomic E-state index is 0.128. The van der Waals surface area contributed by atoms with Crippen LogP contribution in [-0.4, -0.2) is 49.1 Å². The molecule has 5 heteroatoms. The summed E-state index contributed by atoms with van der Waals surface area (Å²) in [4.78, 5) is 14.5. The fourth-order valence-corrected chi connectivity index (χ4v) is 4.43. The van der Waals surface area contributed by atoms with Crippen LogP contribution in [0, 0.1) is 11.8 Å². The third-order valence-electron chi connectivity index (χ3n) is 5.80. The molecule has 2 heterocycles. The standard InChI is InChI=1S/C17H26N2O3/c20-16(19-11-13-3-1-2-4-14(13)12-19)18-15-5-7-17(8-6-15)21-9-10-22-17/h1-2,13-15H,3-12H2,(H,18,20). The number of nitrogens with one attached hydrogen (secondary N) is 1. The number of likely N-dealkylation sites (tertiary alicyclic amines) is 1. The summed E-state index contributed by atoms with van der Waals surface area (Å²) in [5, 5.41) is 3.23. The number of amides is 2.